The Morgan fingerprint density at radius 3 is 2.63 bits per heavy atom. The lowest BCUT2D eigenvalue weighted by Crippen LogP contribution is -1.89. The van der Waals surface area contributed by atoms with Crippen LogP contribution in [0, 0.1) is 12.8 Å². The van der Waals surface area contributed by atoms with Gasteiger partial charge in [-0.05, 0) is 43.5 Å². The van der Waals surface area contributed by atoms with Crippen molar-refractivity contribution in [3.05, 3.63) is 53.5 Å². The fraction of sp³-hybridized carbons (Fsp3) is 0.312. The van der Waals surface area contributed by atoms with Gasteiger partial charge in [0.25, 0.3) is 0 Å². The highest BCUT2D eigenvalue weighted by Gasteiger charge is 2.36. The second-order valence-electron chi connectivity index (χ2n) is 5.30. The van der Waals surface area contributed by atoms with Gasteiger partial charge < -0.3 is 4.42 Å². The first-order chi connectivity index (χ1) is 9.22. The predicted octanol–water partition coefficient (Wildman–Crippen LogP) is 4.16. The normalized spacial score (nSPS) is 21.8. The van der Waals surface area contributed by atoms with Crippen molar-refractivity contribution in [2.75, 3.05) is 5.43 Å². The first-order valence-electron chi connectivity index (χ1n) is 6.68. The Labute approximate surface area is 113 Å². The molecule has 1 aliphatic rings. The van der Waals surface area contributed by atoms with Crippen molar-refractivity contribution >= 4 is 11.9 Å². The summed E-state index contributed by atoms with van der Waals surface area (Å²) in [6, 6.07) is 12.1. The molecule has 1 saturated carbocycles. The van der Waals surface area contributed by atoms with Crippen molar-refractivity contribution in [1.82, 2.24) is 0 Å². The molecule has 0 saturated heterocycles. The lowest BCUT2D eigenvalue weighted by Gasteiger charge is -1.99. The van der Waals surface area contributed by atoms with Crippen molar-refractivity contribution in [2.45, 2.75) is 26.2 Å². The molecule has 1 aromatic carbocycles. The van der Waals surface area contributed by atoms with Crippen molar-refractivity contribution in [3.8, 4) is 0 Å². The summed E-state index contributed by atoms with van der Waals surface area (Å²) in [4.78, 5) is 0. The van der Waals surface area contributed by atoms with Crippen LogP contribution in [0.1, 0.15) is 36.3 Å². The zero-order chi connectivity index (χ0) is 13.2. The number of anilines is 1. The number of nitrogens with one attached hydrogen (secondary N) is 1. The van der Waals surface area contributed by atoms with Crippen LogP contribution in [0.4, 0.5) is 5.69 Å². The van der Waals surface area contributed by atoms with E-state index in [0.29, 0.717) is 5.92 Å². The molecule has 1 N–H and O–H groups in total. The monoisotopic (exact) mass is 254 g/mol. The van der Waals surface area contributed by atoms with E-state index in [4.69, 9.17) is 4.42 Å². The molecule has 1 aliphatic carbocycles. The van der Waals surface area contributed by atoms with Crippen molar-refractivity contribution in [2.24, 2.45) is 11.0 Å². The molecule has 19 heavy (non-hydrogen) atoms. The minimum absolute atomic E-state index is 0.618. The standard InChI is InChI=1S/C16H18N2O/c1-11-3-5-13(6-4-11)18-17-10-14-7-8-16(19-14)15-9-12(15)2/h3-8,10,12,15,18H,9H2,1-2H3/b17-10-/t12-,15+/m0/s1. The van der Waals surface area contributed by atoms with E-state index in [-0.39, 0.29) is 0 Å². The van der Waals surface area contributed by atoms with E-state index in [1.54, 1.807) is 6.21 Å². The number of rotatable bonds is 4. The lowest BCUT2D eigenvalue weighted by molar-refractivity contribution is 0.500. The average molecular weight is 254 g/mol. The van der Waals surface area contributed by atoms with Crippen molar-refractivity contribution < 1.29 is 4.42 Å². The number of hydrogen-bond acceptors (Lipinski definition) is 3. The van der Waals surface area contributed by atoms with Gasteiger partial charge in [-0.15, -0.1) is 0 Å². The van der Waals surface area contributed by atoms with Crippen LogP contribution in [0.3, 0.4) is 0 Å². The molecule has 0 unspecified atom stereocenters. The van der Waals surface area contributed by atoms with Crippen LogP contribution in [0.5, 0.6) is 0 Å². The molecular formula is C16H18N2O. The molecule has 3 rings (SSSR count). The lowest BCUT2D eigenvalue weighted by atomic mass is 10.2. The fourth-order valence-corrected chi connectivity index (χ4v) is 2.15. The topological polar surface area (TPSA) is 37.5 Å². The zero-order valence-electron chi connectivity index (χ0n) is 11.3. The van der Waals surface area contributed by atoms with Crippen LogP contribution in [0.15, 0.2) is 45.9 Å². The molecule has 1 aromatic heterocycles. The van der Waals surface area contributed by atoms with Crippen LogP contribution < -0.4 is 5.43 Å². The Hall–Kier alpha value is -2.03. The number of hydrazone groups is 1. The molecule has 3 heteroatoms. The first kappa shape index (κ1) is 12.0. The van der Waals surface area contributed by atoms with Crippen LogP contribution in [0.25, 0.3) is 0 Å². The molecule has 1 heterocycles. The number of furan rings is 1. The van der Waals surface area contributed by atoms with E-state index in [1.165, 1.54) is 12.0 Å². The molecule has 2 aromatic rings. The van der Waals surface area contributed by atoms with Gasteiger partial charge in [0.05, 0.1) is 11.9 Å². The molecule has 0 spiro atoms. The Kier molecular flexibility index (Phi) is 3.11. The Morgan fingerprint density at radius 1 is 1.21 bits per heavy atom. The molecule has 98 valence electrons. The van der Waals surface area contributed by atoms with E-state index >= 15 is 0 Å². The summed E-state index contributed by atoms with van der Waals surface area (Å²) in [5.74, 6) is 3.27. The molecule has 0 radical (unpaired) electrons. The van der Waals surface area contributed by atoms with E-state index in [9.17, 15) is 0 Å². The zero-order valence-corrected chi connectivity index (χ0v) is 11.3. The summed E-state index contributed by atoms with van der Waals surface area (Å²) in [6.07, 6.45) is 2.96. The summed E-state index contributed by atoms with van der Waals surface area (Å²) in [7, 11) is 0. The van der Waals surface area contributed by atoms with Crippen molar-refractivity contribution in [1.29, 1.82) is 0 Å². The third kappa shape index (κ3) is 2.87. The maximum Gasteiger partial charge on any atom is 0.147 e. The summed E-state index contributed by atoms with van der Waals surface area (Å²) in [5, 5.41) is 4.18. The van der Waals surface area contributed by atoms with Gasteiger partial charge >= 0.3 is 0 Å². The third-order valence-corrected chi connectivity index (χ3v) is 3.56. The Bertz CT molecular complexity index is 583. The fourth-order valence-electron chi connectivity index (χ4n) is 2.15. The third-order valence-electron chi connectivity index (χ3n) is 3.56. The predicted molar refractivity (Wildman–Crippen MR) is 77.6 cm³/mol. The average Bonchev–Trinajstić information content (AvgIpc) is 2.96. The van der Waals surface area contributed by atoms with Crippen LogP contribution in [-0.4, -0.2) is 6.21 Å². The molecule has 1 fully saturated rings. The molecule has 0 amide bonds. The Balaban J connectivity index is 1.60. The van der Waals surface area contributed by atoms with Crippen LogP contribution in [-0.2, 0) is 0 Å². The minimum Gasteiger partial charge on any atom is -0.460 e. The minimum atomic E-state index is 0.618. The molecular weight excluding hydrogens is 236 g/mol. The van der Waals surface area contributed by atoms with Gasteiger partial charge in [-0.1, -0.05) is 24.6 Å². The van der Waals surface area contributed by atoms with Gasteiger partial charge in [-0.3, -0.25) is 5.43 Å². The Morgan fingerprint density at radius 2 is 1.95 bits per heavy atom. The largest absolute Gasteiger partial charge is 0.460 e. The molecule has 0 bridgehead atoms. The second kappa shape index (κ2) is 4.92. The van der Waals surface area contributed by atoms with E-state index in [0.717, 1.165) is 23.1 Å². The maximum absolute atomic E-state index is 5.75. The van der Waals surface area contributed by atoms with E-state index in [2.05, 4.69) is 42.6 Å². The summed E-state index contributed by atoms with van der Waals surface area (Å²) in [6.45, 7) is 4.32. The summed E-state index contributed by atoms with van der Waals surface area (Å²) >= 11 is 0. The number of nitrogens with zero attached hydrogens (tertiary/aromatic N) is 1. The summed E-state index contributed by atoms with van der Waals surface area (Å²) in [5.41, 5.74) is 5.21. The van der Waals surface area contributed by atoms with Crippen molar-refractivity contribution in [3.63, 3.8) is 0 Å². The first-order valence-corrected chi connectivity index (χ1v) is 6.68. The number of benzene rings is 1. The van der Waals surface area contributed by atoms with Gasteiger partial charge in [-0.25, -0.2) is 0 Å². The van der Waals surface area contributed by atoms with E-state index in [1.807, 2.05) is 18.2 Å². The smallest absolute Gasteiger partial charge is 0.147 e. The SMILES string of the molecule is Cc1ccc(N/N=C\c2ccc([C@@H]3C[C@@H]3C)o2)cc1. The molecule has 0 aliphatic heterocycles. The molecule has 3 nitrogen and oxygen atoms in total. The highest BCUT2D eigenvalue weighted by molar-refractivity contribution is 5.76. The van der Waals surface area contributed by atoms with Crippen LogP contribution >= 0.6 is 0 Å². The van der Waals surface area contributed by atoms with Gasteiger partial charge in [0.15, 0.2) is 0 Å². The van der Waals surface area contributed by atoms with Gasteiger partial charge in [0, 0.05) is 5.92 Å². The van der Waals surface area contributed by atoms with Crippen LogP contribution in [0.2, 0.25) is 0 Å². The highest BCUT2D eigenvalue weighted by Crippen LogP contribution is 2.47. The number of aryl methyl sites for hydroxylation is 1. The molecule has 2 atom stereocenters. The van der Waals surface area contributed by atoms with Gasteiger partial charge in [-0.2, -0.15) is 5.10 Å². The number of hydrogen-bond donors (Lipinski definition) is 1. The quantitative estimate of drug-likeness (QED) is 0.657. The second-order valence-corrected chi connectivity index (χ2v) is 5.30. The summed E-state index contributed by atoms with van der Waals surface area (Å²) < 4.78 is 5.75. The van der Waals surface area contributed by atoms with Gasteiger partial charge in [0.1, 0.15) is 11.5 Å². The maximum atomic E-state index is 5.75. The van der Waals surface area contributed by atoms with E-state index < -0.39 is 0 Å². The highest BCUT2D eigenvalue weighted by atomic mass is 16.3. The van der Waals surface area contributed by atoms with Gasteiger partial charge in [0.2, 0.25) is 0 Å².